The lowest BCUT2D eigenvalue weighted by atomic mass is 10.0. The van der Waals surface area contributed by atoms with Crippen LogP contribution in [0.5, 0.6) is 0 Å². The maximum Gasteiger partial charge on any atom is 0.360 e. The van der Waals surface area contributed by atoms with Gasteiger partial charge in [-0.05, 0) is 19.3 Å². The lowest BCUT2D eigenvalue weighted by Gasteiger charge is -2.34. The molecule has 0 amide bonds. The van der Waals surface area contributed by atoms with Crippen LogP contribution in [0.3, 0.4) is 0 Å². The van der Waals surface area contributed by atoms with E-state index in [0.717, 1.165) is 32.2 Å². The number of anilines is 1. The van der Waals surface area contributed by atoms with E-state index in [1.54, 1.807) is 7.11 Å². The molecule has 7 nitrogen and oxygen atoms in total. The van der Waals surface area contributed by atoms with Crippen molar-refractivity contribution in [1.29, 1.82) is 0 Å². The van der Waals surface area contributed by atoms with Crippen LogP contribution in [-0.2, 0) is 15.9 Å². The standard InChI is InChI=1S/C17H29N3O4/c1-4-6-10-23-16(21)15-13(7-5-2)24-17(19-15)20-9-8-12(18)14(11-20)22-3/h12,14H,4-11,18H2,1-3H3. The summed E-state index contributed by atoms with van der Waals surface area (Å²) in [6.45, 7) is 5.84. The zero-order chi connectivity index (χ0) is 17.5. The normalized spacial score (nSPS) is 21.1. The summed E-state index contributed by atoms with van der Waals surface area (Å²) in [6, 6.07) is 0.463. The monoisotopic (exact) mass is 339 g/mol. The number of nitrogens with two attached hydrogens (primary N) is 1. The number of carbonyl (C=O) groups excluding carboxylic acids is 1. The van der Waals surface area contributed by atoms with Gasteiger partial charge in [-0.15, -0.1) is 0 Å². The molecule has 1 saturated heterocycles. The maximum absolute atomic E-state index is 12.3. The third kappa shape index (κ3) is 4.48. The molecule has 0 radical (unpaired) electrons. The summed E-state index contributed by atoms with van der Waals surface area (Å²) < 4.78 is 16.6. The fourth-order valence-electron chi connectivity index (χ4n) is 2.77. The molecule has 7 heteroatoms. The van der Waals surface area contributed by atoms with Crippen molar-refractivity contribution in [2.75, 3.05) is 31.7 Å². The van der Waals surface area contributed by atoms with Crippen molar-refractivity contribution >= 4 is 12.0 Å². The highest BCUT2D eigenvalue weighted by Crippen LogP contribution is 2.24. The van der Waals surface area contributed by atoms with Gasteiger partial charge < -0.3 is 24.5 Å². The number of ether oxygens (including phenoxy) is 2. The first-order valence-corrected chi connectivity index (χ1v) is 8.80. The topological polar surface area (TPSA) is 90.8 Å². The SMILES string of the molecule is CCCCOC(=O)c1nc(N2CCC(N)C(OC)C2)oc1CCC. The van der Waals surface area contributed by atoms with E-state index in [1.165, 1.54) is 0 Å². The molecule has 0 aromatic carbocycles. The van der Waals surface area contributed by atoms with E-state index in [2.05, 4.69) is 11.9 Å². The maximum atomic E-state index is 12.3. The number of hydrogen-bond acceptors (Lipinski definition) is 7. The quantitative estimate of drug-likeness (QED) is 0.573. The molecule has 1 aromatic rings. The highest BCUT2D eigenvalue weighted by Gasteiger charge is 2.31. The molecule has 2 heterocycles. The molecule has 0 aliphatic carbocycles. The van der Waals surface area contributed by atoms with Crippen LogP contribution in [0.1, 0.15) is 55.8 Å². The summed E-state index contributed by atoms with van der Waals surface area (Å²) in [5.74, 6) is 0.191. The number of aromatic nitrogens is 1. The number of carbonyl (C=O) groups is 1. The molecular formula is C17H29N3O4. The molecule has 1 aliphatic rings. The molecule has 2 unspecified atom stereocenters. The molecule has 2 atom stereocenters. The van der Waals surface area contributed by atoms with E-state index in [4.69, 9.17) is 19.6 Å². The molecule has 1 aliphatic heterocycles. The second-order valence-electron chi connectivity index (χ2n) is 6.18. The lowest BCUT2D eigenvalue weighted by Crippen LogP contribution is -2.51. The van der Waals surface area contributed by atoms with Gasteiger partial charge in [0.2, 0.25) is 0 Å². The van der Waals surface area contributed by atoms with Gasteiger partial charge in [-0.3, -0.25) is 0 Å². The van der Waals surface area contributed by atoms with E-state index >= 15 is 0 Å². The predicted molar refractivity (Wildman–Crippen MR) is 91.3 cm³/mol. The Labute approximate surface area is 143 Å². The molecule has 2 N–H and O–H groups in total. The summed E-state index contributed by atoms with van der Waals surface area (Å²) in [5.41, 5.74) is 6.35. The zero-order valence-corrected chi connectivity index (χ0v) is 14.9. The van der Waals surface area contributed by atoms with Crippen molar-refractivity contribution in [2.24, 2.45) is 5.73 Å². The molecule has 1 aromatic heterocycles. The summed E-state index contributed by atoms with van der Waals surface area (Å²) in [4.78, 5) is 18.7. The Kier molecular flexibility index (Phi) is 7.05. The number of aryl methyl sites for hydroxylation is 1. The van der Waals surface area contributed by atoms with Gasteiger partial charge in [0.1, 0.15) is 5.76 Å². The van der Waals surface area contributed by atoms with Crippen molar-refractivity contribution in [3.8, 4) is 0 Å². The van der Waals surface area contributed by atoms with Gasteiger partial charge in [-0.1, -0.05) is 20.3 Å². The van der Waals surface area contributed by atoms with Crippen LogP contribution in [-0.4, -0.2) is 49.9 Å². The van der Waals surface area contributed by atoms with Gasteiger partial charge in [0, 0.05) is 26.1 Å². The Hall–Kier alpha value is -1.60. The smallest absolute Gasteiger partial charge is 0.360 e. The van der Waals surface area contributed by atoms with Crippen LogP contribution in [0.2, 0.25) is 0 Å². The Morgan fingerprint density at radius 1 is 1.42 bits per heavy atom. The average molecular weight is 339 g/mol. The van der Waals surface area contributed by atoms with Gasteiger partial charge in [0.25, 0.3) is 6.01 Å². The van der Waals surface area contributed by atoms with Crippen LogP contribution in [0, 0.1) is 0 Å². The number of esters is 1. The lowest BCUT2D eigenvalue weighted by molar-refractivity contribution is 0.0491. The van der Waals surface area contributed by atoms with E-state index in [9.17, 15) is 4.79 Å². The van der Waals surface area contributed by atoms with Gasteiger partial charge >= 0.3 is 5.97 Å². The zero-order valence-electron chi connectivity index (χ0n) is 14.9. The van der Waals surface area contributed by atoms with E-state index in [1.807, 2.05) is 11.8 Å². The van der Waals surface area contributed by atoms with Crippen LogP contribution in [0.4, 0.5) is 6.01 Å². The number of unbranched alkanes of at least 4 members (excludes halogenated alkanes) is 1. The Bertz CT molecular complexity index is 532. The summed E-state index contributed by atoms with van der Waals surface area (Å²) in [7, 11) is 1.66. The van der Waals surface area contributed by atoms with Gasteiger partial charge in [0.05, 0.1) is 19.3 Å². The van der Waals surface area contributed by atoms with Crippen LogP contribution < -0.4 is 10.6 Å². The average Bonchev–Trinajstić information content (AvgIpc) is 3.00. The third-order valence-corrected chi connectivity index (χ3v) is 4.27. The van der Waals surface area contributed by atoms with Gasteiger partial charge in [-0.2, -0.15) is 4.98 Å². The van der Waals surface area contributed by atoms with Crippen molar-refractivity contribution < 1.29 is 18.7 Å². The predicted octanol–water partition coefficient (Wildman–Crippen LogP) is 2.14. The van der Waals surface area contributed by atoms with Gasteiger partial charge in [-0.25, -0.2) is 4.79 Å². The van der Waals surface area contributed by atoms with E-state index in [0.29, 0.717) is 37.0 Å². The number of hydrogen-bond donors (Lipinski definition) is 1. The highest BCUT2D eigenvalue weighted by atomic mass is 16.5. The first-order valence-electron chi connectivity index (χ1n) is 8.80. The number of rotatable bonds is 8. The number of nitrogens with zero attached hydrogens (tertiary/aromatic N) is 2. The first kappa shape index (κ1) is 18.7. The van der Waals surface area contributed by atoms with Crippen molar-refractivity contribution in [3.63, 3.8) is 0 Å². The fraction of sp³-hybridized carbons (Fsp3) is 0.765. The second kappa shape index (κ2) is 9.03. The Balaban J connectivity index is 2.13. The second-order valence-corrected chi connectivity index (χ2v) is 6.18. The molecule has 136 valence electrons. The third-order valence-electron chi connectivity index (χ3n) is 4.27. The van der Waals surface area contributed by atoms with E-state index < -0.39 is 5.97 Å². The molecule has 0 spiro atoms. The molecular weight excluding hydrogens is 310 g/mol. The molecule has 2 rings (SSSR count). The van der Waals surface area contributed by atoms with Gasteiger partial charge in [0.15, 0.2) is 5.69 Å². The summed E-state index contributed by atoms with van der Waals surface area (Å²) >= 11 is 0. The van der Waals surface area contributed by atoms with Crippen molar-refractivity contribution in [1.82, 2.24) is 4.98 Å². The highest BCUT2D eigenvalue weighted by molar-refractivity contribution is 5.88. The minimum absolute atomic E-state index is 0.00908. The largest absolute Gasteiger partial charge is 0.461 e. The molecule has 0 saturated carbocycles. The summed E-state index contributed by atoms with van der Waals surface area (Å²) in [5, 5.41) is 0. The number of methoxy groups -OCH3 is 1. The van der Waals surface area contributed by atoms with Crippen LogP contribution in [0.15, 0.2) is 4.42 Å². The first-order chi connectivity index (χ1) is 11.6. The minimum atomic E-state index is -0.404. The van der Waals surface area contributed by atoms with Crippen LogP contribution >= 0.6 is 0 Å². The summed E-state index contributed by atoms with van der Waals surface area (Å²) in [6.07, 6.45) is 4.08. The fourth-order valence-corrected chi connectivity index (χ4v) is 2.77. The van der Waals surface area contributed by atoms with Crippen molar-refractivity contribution in [3.05, 3.63) is 11.5 Å². The van der Waals surface area contributed by atoms with E-state index in [-0.39, 0.29) is 12.1 Å². The van der Waals surface area contributed by atoms with Crippen LogP contribution in [0.25, 0.3) is 0 Å². The molecule has 1 fully saturated rings. The number of oxazole rings is 1. The Morgan fingerprint density at radius 3 is 2.88 bits per heavy atom. The Morgan fingerprint density at radius 2 is 2.21 bits per heavy atom. The number of piperidine rings is 1. The molecule has 0 bridgehead atoms. The molecule has 24 heavy (non-hydrogen) atoms. The van der Waals surface area contributed by atoms with Crippen molar-refractivity contribution in [2.45, 2.75) is 58.1 Å². The minimum Gasteiger partial charge on any atom is -0.461 e.